The third kappa shape index (κ3) is 6.72. The Morgan fingerprint density at radius 2 is 1.88 bits per heavy atom. The molecule has 41 heavy (non-hydrogen) atoms. The molecule has 0 bridgehead atoms. The summed E-state index contributed by atoms with van der Waals surface area (Å²) in [6.45, 7) is 4.09. The predicted octanol–water partition coefficient (Wildman–Crippen LogP) is 4.30. The maximum Gasteiger partial charge on any atom is 0.276 e. The Kier molecular flexibility index (Phi) is 8.30. The van der Waals surface area contributed by atoms with Gasteiger partial charge in [0.15, 0.2) is 17.2 Å². The molecular formula is C27H30ClN11O2. The maximum absolute atomic E-state index is 13.2. The highest BCUT2D eigenvalue weighted by Gasteiger charge is 2.24. The van der Waals surface area contributed by atoms with Crippen LogP contribution >= 0.6 is 11.6 Å². The third-order valence-corrected chi connectivity index (χ3v) is 6.98. The number of nitrogens with zero attached hydrogens (tertiary/aromatic N) is 7. The highest BCUT2D eigenvalue weighted by Crippen LogP contribution is 2.27. The molecule has 0 unspecified atom stereocenters. The molecule has 1 aliphatic carbocycles. The number of carbonyl (C=O) groups is 2. The largest absolute Gasteiger partial charge is 0.366 e. The molecule has 0 saturated heterocycles. The first-order valence-corrected chi connectivity index (χ1v) is 13.7. The van der Waals surface area contributed by atoms with Crippen molar-refractivity contribution < 1.29 is 9.59 Å². The minimum Gasteiger partial charge on any atom is -0.366 e. The van der Waals surface area contributed by atoms with Crippen LogP contribution in [-0.2, 0) is 4.79 Å². The number of rotatable bonds is 9. The van der Waals surface area contributed by atoms with Gasteiger partial charge >= 0.3 is 0 Å². The van der Waals surface area contributed by atoms with Gasteiger partial charge in [0.25, 0.3) is 5.91 Å². The molecule has 4 heterocycles. The number of aromatic nitrogens is 6. The van der Waals surface area contributed by atoms with Gasteiger partial charge in [-0.3, -0.25) is 14.3 Å². The first-order valence-electron chi connectivity index (χ1n) is 13.4. The monoisotopic (exact) mass is 575 g/mol. The highest BCUT2D eigenvalue weighted by molar-refractivity contribution is 6.29. The minimum atomic E-state index is -0.409. The molecule has 0 aromatic carbocycles. The number of amides is 2. The van der Waals surface area contributed by atoms with Gasteiger partial charge in [0.2, 0.25) is 5.91 Å². The van der Waals surface area contributed by atoms with E-state index < -0.39 is 5.91 Å². The van der Waals surface area contributed by atoms with E-state index in [1.807, 2.05) is 42.9 Å². The second-order valence-electron chi connectivity index (χ2n) is 10.1. The Hall–Kier alpha value is -4.70. The molecule has 14 heteroatoms. The molecular weight excluding hydrogens is 546 g/mol. The van der Waals surface area contributed by atoms with Crippen molar-refractivity contribution >= 4 is 52.1 Å². The van der Waals surface area contributed by atoms with E-state index in [-0.39, 0.29) is 41.3 Å². The number of imidazole rings is 1. The Morgan fingerprint density at radius 1 is 1.10 bits per heavy atom. The lowest BCUT2D eigenvalue weighted by Crippen LogP contribution is -2.40. The summed E-state index contributed by atoms with van der Waals surface area (Å²) < 4.78 is 3.34. The van der Waals surface area contributed by atoms with Crippen molar-refractivity contribution in [2.45, 2.75) is 64.1 Å². The van der Waals surface area contributed by atoms with E-state index >= 15 is 0 Å². The minimum absolute atomic E-state index is 0.0447. The molecule has 2 amide bonds. The van der Waals surface area contributed by atoms with Crippen molar-refractivity contribution in [2.75, 3.05) is 16.0 Å². The maximum atomic E-state index is 13.2. The summed E-state index contributed by atoms with van der Waals surface area (Å²) in [5.41, 5.74) is 1.81. The zero-order valence-electron chi connectivity index (χ0n) is 22.6. The molecule has 1 saturated carbocycles. The number of hydrogen-bond donors (Lipinski definition) is 4. The molecule has 4 N–H and O–H groups in total. The van der Waals surface area contributed by atoms with Crippen LogP contribution in [0.5, 0.6) is 0 Å². The van der Waals surface area contributed by atoms with Crippen LogP contribution < -0.4 is 21.3 Å². The number of nitriles is 1. The van der Waals surface area contributed by atoms with Gasteiger partial charge < -0.3 is 21.3 Å². The van der Waals surface area contributed by atoms with Crippen LogP contribution in [0.25, 0.3) is 5.65 Å². The standard InChI is InChI=1S/C27H30ClN11O2/c1-16(2)38-12-9-23(36-38)35-20-14-24(32-17-3-5-18(6-4-17)33-25(40)7-10-29)37-39-21(15-31-26(20)39)27(41)34-19-8-11-30-22(28)13-19/h8-9,11-18H,3-7H2,1-2H3,(H,32,37)(H,33,40)(H,35,36)(H,30,34,41). The fraction of sp³-hybridized carbons (Fsp3) is 0.370. The number of hydrogen-bond acceptors (Lipinski definition) is 9. The molecule has 0 spiro atoms. The SMILES string of the molecule is CC(C)n1ccc(Nc2cc(NC3CCC(NC(=O)CC#N)CC3)nn3c(C(=O)Nc4ccnc(Cl)c4)cnc23)n1. The highest BCUT2D eigenvalue weighted by atomic mass is 35.5. The summed E-state index contributed by atoms with van der Waals surface area (Å²) in [5.74, 6) is 0.533. The van der Waals surface area contributed by atoms with Crippen LogP contribution in [0.1, 0.15) is 62.5 Å². The fourth-order valence-electron chi connectivity index (χ4n) is 4.73. The van der Waals surface area contributed by atoms with E-state index in [0.29, 0.717) is 28.7 Å². The van der Waals surface area contributed by atoms with Crippen LogP contribution in [0.2, 0.25) is 5.15 Å². The van der Waals surface area contributed by atoms with E-state index in [4.69, 9.17) is 22.0 Å². The van der Waals surface area contributed by atoms with Crippen molar-refractivity contribution in [3.8, 4) is 6.07 Å². The van der Waals surface area contributed by atoms with Crippen LogP contribution in [0.3, 0.4) is 0 Å². The van der Waals surface area contributed by atoms with Crippen LogP contribution in [0, 0.1) is 11.3 Å². The Morgan fingerprint density at radius 3 is 2.59 bits per heavy atom. The number of carbonyl (C=O) groups excluding carboxylic acids is 2. The fourth-order valence-corrected chi connectivity index (χ4v) is 4.91. The molecule has 4 aromatic rings. The van der Waals surface area contributed by atoms with Crippen molar-refractivity contribution in [1.82, 2.24) is 34.7 Å². The van der Waals surface area contributed by atoms with E-state index in [0.717, 1.165) is 25.7 Å². The summed E-state index contributed by atoms with van der Waals surface area (Å²) >= 11 is 5.98. The van der Waals surface area contributed by atoms with Crippen LogP contribution in [0.4, 0.5) is 23.0 Å². The number of anilines is 4. The van der Waals surface area contributed by atoms with Gasteiger partial charge in [-0.05, 0) is 51.7 Å². The zero-order valence-corrected chi connectivity index (χ0v) is 23.4. The van der Waals surface area contributed by atoms with Crippen LogP contribution in [0.15, 0.2) is 42.9 Å². The topological polar surface area (TPSA) is 167 Å². The van der Waals surface area contributed by atoms with Gasteiger partial charge in [0.1, 0.15) is 17.4 Å². The third-order valence-electron chi connectivity index (χ3n) is 6.77. The van der Waals surface area contributed by atoms with Crippen molar-refractivity contribution in [3.63, 3.8) is 0 Å². The predicted molar refractivity (Wildman–Crippen MR) is 154 cm³/mol. The first kappa shape index (κ1) is 27.9. The van der Waals surface area contributed by atoms with Gasteiger partial charge in [-0.25, -0.2) is 14.5 Å². The second kappa shape index (κ2) is 12.2. The lowest BCUT2D eigenvalue weighted by molar-refractivity contribution is -0.121. The molecule has 5 rings (SSSR count). The van der Waals surface area contributed by atoms with Gasteiger partial charge in [0, 0.05) is 48.3 Å². The summed E-state index contributed by atoms with van der Waals surface area (Å²) in [7, 11) is 0. The Bertz CT molecular complexity index is 1600. The van der Waals surface area contributed by atoms with Crippen molar-refractivity contribution in [2.24, 2.45) is 0 Å². The average Bonchev–Trinajstić information content (AvgIpc) is 3.58. The van der Waals surface area contributed by atoms with Crippen LogP contribution in [-0.4, -0.2) is 53.3 Å². The molecule has 1 fully saturated rings. The molecule has 1 aliphatic rings. The van der Waals surface area contributed by atoms with Gasteiger partial charge in [-0.2, -0.15) is 10.4 Å². The smallest absolute Gasteiger partial charge is 0.276 e. The summed E-state index contributed by atoms with van der Waals surface area (Å²) in [6, 6.07) is 9.15. The molecule has 0 atom stereocenters. The van der Waals surface area contributed by atoms with Gasteiger partial charge in [0.05, 0.1) is 18.0 Å². The Balaban J connectivity index is 1.40. The summed E-state index contributed by atoms with van der Waals surface area (Å²) in [5, 5.41) is 30.8. The molecule has 0 radical (unpaired) electrons. The number of nitrogens with one attached hydrogen (secondary N) is 4. The summed E-state index contributed by atoms with van der Waals surface area (Å²) in [4.78, 5) is 33.5. The van der Waals surface area contributed by atoms with Crippen molar-refractivity contribution in [3.05, 3.63) is 53.7 Å². The van der Waals surface area contributed by atoms with E-state index in [2.05, 4.69) is 36.3 Å². The molecule has 212 valence electrons. The van der Waals surface area contributed by atoms with E-state index in [9.17, 15) is 9.59 Å². The van der Waals surface area contributed by atoms with Gasteiger partial charge in [-0.15, -0.1) is 5.10 Å². The lowest BCUT2D eigenvalue weighted by atomic mass is 9.91. The Labute approximate surface area is 241 Å². The molecule has 4 aromatic heterocycles. The zero-order chi connectivity index (χ0) is 28.9. The number of pyridine rings is 1. The normalized spacial score (nSPS) is 16.8. The van der Waals surface area contributed by atoms with Crippen molar-refractivity contribution in [1.29, 1.82) is 5.26 Å². The van der Waals surface area contributed by atoms with Gasteiger partial charge in [-0.1, -0.05) is 11.6 Å². The average molecular weight is 576 g/mol. The lowest BCUT2D eigenvalue weighted by Gasteiger charge is -2.30. The van der Waals surface area contributed by atoms with E-state index in [1.165, 1.54) is 16.9 Å². The molecule has 13 nitrogen and oxygen atoms in total. The number of halogens is 1. The number of fused-ring (bicyclic) bond motifs is 1. The first-order chi connectivity index (χ1) is 19.8. The summed E-state index contributed by atoms with van der Waals surface area (Å²) in [6.07, 6.45) is 7.90. The molecule has 0 aliphatic heterocycles. The quantitative estimate of drug-likeness (QED) is 0.213. The second-order valence-corrected chi connectivity index (χ2v) is 10.5. The van der Waals surface area contributed by atoms with E-state index in [1.54, 1.807) is 12.1 Å².